The zero-order chi connectivity index (χ0) is 18.4. The van der Waals surface area contributed by atoms with Crippen molar-refractivity contribution < 1.29 is 14.3 Å². The van der Waals surface area contributed by atoms with Gasteiger partial charge in [0.2, 0.25) is 0 Å². The van der Waals surface area contributed by atoms with Crippen molar-refractivity contribution in [1.82, 2.24) is 14.9 Å². The molecule has 3 rings (SSSR count). The number of hydrogen-bond acceptors (Lipinski definition) is 6. The molecular weight excluding hydrogens is 332 g/mol. The van der Waals surface area contributed by atoms with Gasteiger partial charge in [-0.1, -0.05) is 6.07 Å². The quantitative estimate of drug-likeness (QED) is 0.782. The number of nitrogens with zero attached hydrogens (tertiary/aromatic N) is 4. The third kappa shape index (κ3) is 4.17. The van der Waals surface area contributed by atoms with E-state index in [9.17, 15) is 9.59 Å². The Hall–Kier alpha value is -2.96. The lowest BCUT2D eigenvalue weighted by Gasteiger charge is -2.22. The van der Waals surface area contributed by atoms with E-state index in [-0.39, 0.29) is 11.9 Å². The molecule has 0 bridgehead atoms. The Bertz CT molecular complexity index is 749. The molecule has 0 N–H and O–H groups in total. The van der Waals surface area contributed by atoms with Crippen molar-refractivity contribution in [3.05, 3.63) is 54.0 Å². The predicted octanol–water partition coefficient (Wildman–Crippen LogP) is 2.01. The highest BCUT2D eigenvalue weighted by Gasteiger charge is 2.21. The van der Waals surface area contributed by atoms with Crippen LogP contribution in [0.15, 0.2) is 42.7 Å². The minimum atomic E-state index is -0.366. The van der Waals surface area contributed by atoms with E-state index in [1.807, 2.05) is 17.0 Å². The minimum absolute atomic E-state index is 0.0435. The van der Waals surface area contributed by atoms with Gasteiger partial charge in [-0.3, -0.25) is 9.78 Å². The summed E-state index contributed by atoms with van der Waals surface area (Å²) in [5.41, 5.74) is 0.912. The van der Waals surface area contributed by atoms with Gasteiger partial charge in [-0.25, -0.2) is 9.78 Å². The molecule has 7 nitrogen and oxygen atoms in total. The summed E-state index contributed by atoms with van der Waals surface area (Å²) >= 11 is 0. The van der Waals surface area contributed by atoms with Crippen LogP contribution >= 0.6 is 0 Å². The van der Waals surface area contributed by atoms with Crippen LogP contribution in [-0.2, 0) is 4.74 Å². The fourth-order valence-corrected chi connectivity index (χ4v) is 2.91. The van der Waals surface area contributed by atoms with Crippen molar-refractivity contribution >= 4 is 17.7 Å². The summed E-state index contributed by atoms with van der Waals surface area (Å²) in [6, 6.07) is 8.90. The van der Waals surface area contributed by atoms with Crippen molar-refractivity contribution in [1.29, 1.82) is 0 Å². The molecule has 0 spiro atoms. The first-order chi connectivity index (χ1) is 12.7. The highest BCUT2D eigenvalue weighted by molar-refractivity contribution is 5.92. The van der Waals surface area contributed by atoms with Crippen LogP contribution in [0.5, 0.6) is 0 Å². The van der Waals surface area contributed by atoms with E-state index in [1.54, 1.807) is 31.3 Å². The number of carbonyl (C=O) groups is 2. The lowest BCUT2D eigenvalue weighted by atomic mass is 10.2. The maximum Gasteiger partial charge on any atom is 0.339 e. The second-order valence-electron chi connectivity index (χ2n) is 5.97. The number of carbonyl (C=O) groups excluding carboxylic acids is 2. The van der Waals surface area contributed by atoms with E-state index in [1.165, 1.54) is 6.20 Å². The summed E-state index contributed by atoms with van der Waals surface area (Å²) in [7, 11) is 0. The summed E-state index contributed by atoms with van der Waals surface area (Å²) in [6.07, 6.45) is 4.02. The van der Waals surface area contributed by atoms with Crippen LogP contribution < -0.4 is 4.90 Å². The molecule has 1 fully saturated rings. The molecule has 1 aliphatic heterocycles. The molecule has 2 aromatic rings. The number of rotatable bonds is 4. The minimum Gasteiger partial charge on any atom is -0.462 e. The molecule has 0 aliphatic carbocycles. The molecule has 2 aromatic heterocycles. The van der Waals surface area contributed by atoms with Crippen LogP contribution in [0.25, 0.3) is 0 Å². The number of ether oxygens (including phenoxy) is 1. The zero-order valence-electron chi connectivity index (χ0n) is 14.8. The van der Waals surface area contributed by atoms with E-state index in [2.05, 4.69) is 14.9 Å². The summed E-state index contributed by atoms with van der Waals surface area (Å²) < 4.78 is 4.97. The number of esters is 1. The van der Waals surface area contributed by atoms with Crippen molar-refractivity contribution in [2.75, 3.05) is 37.7 Å². The Morgan fingerprint density at radius 2 is 1.96 bits per heavy atom. The van der Waals surface area contributed by atoms with Gasteiger partial charge in [-0.15, -0.1) is 0 Å². The molecule has 0 radical (unpaired) electrons. The Morgan fingerprint density at radius 1 is 1.08 bits per heavy atom. The Morgan fingerprint density at radius 3 is 2.65 bits per heavy atom. The van der Waals surface area contributed by atoms with E-state index in [0.717, 1.165) is 18.8 Å². The lowest BCUT2D eigenvalue weighted by molar-refractivity contribution is 0.0525. The molecule has 3 heterocycles. The summed E-state index contributed by atoms with van der Waals surface area (Å²) in [4.78, 5) is 36.7. The predicted molar refractivity (Wildman–Crippen MR) is 97.2 cm³/mol. The lowest BCUT2D eigenvalue weighted by Crippen LogP contribution is -2.35. The second-order valence-corrected chi connectivity index (χ2v) is 5.97. The third-order valence-corrected chi connectivity index (χ3v) is 4.25. The van der Waals surface area contributed by atoms with Crippen LogP contribution in [0.2, 0.25) is 0 Å². The van der Waals surface area contributed by atoms with E-state index < -0.39 is 0 Å². The Labute approximate surface area is 152 Å². The standard InChI is InChI=1S/C19H22N4O3/c1-2-26-19(25)15-7-8-17(21-14-15)22-10-5-11-23(13-12-22)18(24)16-6-3-4-9-20-16/h3-4,6-9,14H,2,5,10-13H2,1H3. The molecule has 1 amide bonds. The van der Waals surface area contributed by atoms with Gasteiger partial charge in [0.15, 0.2) is 0 Å². The van der Waals surface area contributed by atoms with Crippen molar-refractivity contribution in [2.24, 2.45) is 0 Å². The second kappa shape index (κ2) is 8.42. The fraction of sp³-hybridized carbons (Fsp3) is 0.368. The van der Waals surface area contributed by atoms with Gasteiger partial charge in [-0.2, -0.15) is 0 Å². The SMILES string of the molecule is CCOC(=O)c1ccc(N2CCCN(C(=O)c3ccccn3)CC2)nc1. The first-order valence-electron chi connectivity index (χ1n) is 8.77. The topological polar surface area (TPSA) is 75.6 Å². The van der Waals surface area contributed by atoms with Gasteiger partial charge in [-0.05, 0) is 37.6 Å². The molecule has 26 heavy (non-hydrogen) atoms. The van der Waals surface area contributed by atoms with Gasteiger partial charge in [0.25, 0.3) is 5.91 Å². The summed E-state index contributed by atoms with van der Waals surface area (Å²) in [5.74, 6) is 0.387. The van der Waals surface area contributed by atoms with Crippen LogP contribution in [0.3, 0.4) is 0 Å². The van der Waals surface area contributed by atoms with Gasteiger partial charge in [0, 0.05) is 38.6 Å². The smallest absolute Gasteiger partial charge is 0.339 e. The molecular formula is C19H22N4O3. The number of aromatic nitrogens is 2. The molecule has 0 saturated carbocycles. The maximum atomic E-state index is 12.6. The number of pyridine rings is 2. The molecule has 0 aromatic carbocycles. The number of hydrogen-bond donors (Lipinski definition) is 0. The van der Waals surface area contributed by atoms with Crippen molar-refractivity contribution in [3.8, 4) is 0 Å². The van der Waals surface area contributed by atoms with Gasteiger partial charge in [0.05, 0.1) is 12.2 Å². The van der Waals surface area contributed by atoms with Gasteiger partial charge < -0.3 is 14.5 Å². The summed E-state index contributed by atoms with van der Waals surface area (Å²) in [5, 5.41) is 0. The third-order valence-electron chi connectivity index (χ3n) is 4.25. The van der Waals surface area contributed by atoms with Crippen LogP contribution in [-0.4, -0.2) is 59.5 Å². The maximum absolute atomic E-state index is 12.6. The molecule has 1 aliphatic rings. The largest absolute Gasteiger partial charge is 0.462 e. The monoisotopic (exact) mass is 354 g/mol. The molecule has 1 saturated heterocycles. The molecule has 7 heteroatoms. The average Bonchev–Trinajstić information content (AvgIpc) is 2.95. The highest BCUT2D eigenvalue weighted by Crippen LogP contribution is 2.16. The first-order valence-corrected chi connectivity index (χ1v) is 8.77. The molecule has 136 valence electrons. The van der Waals surface area contributed by atoms with E-state index >= 15 is 0 Å². The van der Waals surface area contributed by atoms with Crippen molar-refractivity contribution in [3.63, 3.8) is 0 Å². The van der Waals surface area contributed by atoms with E-state index in [4.69, 9.17) is 4.74 Å². The summed E-state index contributed by atoms with van der Waals surface area (Å²) in [6.45, 7) is 4.90. The van der Waals surface area contributed by atoms with Crippen LogP contribution in [0, 0.1) is 0 Å². The van der Waals surface area contributed by atoms with E-state index in [0.29, 0.717) is 37.5 Å². The zero-order valence-corrected chi connectivity index (χ0v) is 14.8. The van der Waals surface area contributed by atoms with Gasteiger partial charge >= 0.3 is 5.97 Å². The fourth-order valence-electron chi connectivity index (χ4n) is 2.91. The Kier molecular flexibility index (Phi) is 5.78. The molecule has 0 unspecified atom stereocenters. The highest BCUT2D eigenvalue weighted by atomic mass is 16.5. The first kappa shape index (κ1) is 17.8. The molecule has 0 atom stereocenters. The number of anilines is 1. The normalized spacial score (nSPS) is 14.7. The van der Waals surface area contributed by atoms with Crippen molar-refractivity contribution in [2.45, 2.75) is 13.3 Å². The number of amides is 1. The van der Waals surface area contributed by atoms with Gasteiger partial charge in [0.1, 0.15) is 11.5 Å². The van der Waals surface area contributed by atoms with Crippen LogP contribution in [0.4, 0.5) is 5.82 Å². The van der Waals surface area contributed by atoms with Crippen LogP contribution in [0.1, 0.15) is 34.2 Å². The average molecular weight is 354 g/mol. The Balaban J connectivity index is 1.63.